The number of nitriles is 1. The second-order valence-corrected chi connectivity index (χ2v) is 8.61. The van der Waals surface area contributed by atoms with Crippen molar-refractivity contribution >= 4 is 23.1 Å². The summed E-state index contributed by atoms with van der Waals surface area (Å²) in [5.41, 5.74) is 5.90. The average Bonchev–Trinajstić information content (AvgIpc) is 3.05. The number of nitrogens with one attached hydrogen (secondary N) is 1. The number of hydrogen-bond acceptors (Lipinski definition) is 5. The van der Waals surface area contributed by atoms with Gasteiger partial charge in [0, 0.05) is 34.6 Å². The number of amides is 1. The van der Waals surface area contributed by atoms with Gasteiger partial charge in [0.15, 0.2) is 5.78 Å². The van der Waals surface area contributed by atoms with E-state index in [4.69, 9.17) is 5.73 Å². The van der Waals surface area contributed by atoms with Gasteiger partial charge in [0.1, 0.15) is 17.3 Å². The maximum absolute atomic E-state index is 13.6. The van der Waals surface area contributed by atoms with E-state index in [1.807, 2.05) is 13.0 Å². The fourth-order valence-electron chi connectivity index (χ4n) is 5.22. The third-order valence-corrected chi connectivity index (χ3v) is 6.61. The minimum atomic E-state index is -4.59. The van der Waals surface area contributed by atoms with Crippen LogP contribution in [0.4, 0.5) is 24.5 Å². The van der Waals surface area contributed by atoms with E-state index in [0.29, 0.717) is 29.8 Å². The van der Waals surface area contributed by atoms with Crippen molar-refractivity contribution in [1.82, 2.24) is 0 Å². The van der Waals surface area contributed by atoms with Crippen LogP contribution in [0.15, 0.2) is 65.1 Å². The van der Waals surface area contributed by atoms with Crippen molar-refractivity contribution in [3.63, 3.8) is 0 Å². The van der Waals surface area contributed by atoms with E-state index >= 15 is 0 Å². The molecule has 1 aliphatic carbocycles. The van der Waals surface area contributed by atoms with E-state index in [0.717, 1.165) is 17.7 Å². The number of nitrogens with two attached hydrogens (primary N) is 1. The first-order valence-corrected chi connectivity index (χ1v) is 10.7. The molecule has 0 unspecified atom stereocenters. The summed E-state index contributed by atoms with van der Waals surface area (Å²) >= 11 is 0. The largest absolute Gasteiger partial charge is 0.416 e. The zero-order valence-corrected chi connectivity index (χ0v) is 18.1. The predicted molar refractivity (Wildman–Crippen MR) is 118 cm³/mol. The third kappa shape index (κ3) is 2.81. The van der Waals surface area contributed by atoms with Crippen LogP contribution in [0, 0.1) is 18.3 Å². The Balaban J connectivity index is 1.85. The fraction of sp³-hybridized carbons (Fsp3) is 0.240. The number of fused-ring (bicyclic) bond motifs is 3. The van der Waals surface area contributed by atoms with Crippen LogP contribution in [0.1, 0.15) is 36.0 Å². The molecule has 0 bridgehead atoms. The molecule has 0 saturated heterocycles. The molecule has 5 rings (SSSR count). The Labute approximate surface area is 193 Å². The van der Waals surface area contributed by atoms with Crippen LogP contribution in [0.5, 0.6) is 0 Å². The van der Waals surface area contributed by atoms with Crippen LogP contribution < -0.4 is 16.0 Å². The monoisotopic (exact) mass is 464 g/mol. The highest BCUT2D eigenvalue weighted by molar-refractivity contribution is 6.19. The van der Waals surface area contributed by atoms with Gasteiger partial charge >= 0.3 is 6.18 Å². The van der Waals surface area contributed by atoms with Crippen molar-refractivity contribution in [1.29, 1.82) is 5.26 Å². The molecule has 0 aromatic heterocycles. The Bertz CT molecular complexity index is 1380. The van der Waals surface area contributed by atoms with Gasteiger partial charge in [-0.3, -0.25) is 14.5 Å². The Kier molecular flexibility index (Phi) is 4.62. The van der Waals surface area contributed by atoms with Crippen molar-refractivity contribution in [2.45, 2.75) is 37.8 Å². The number of carbonyl (C=O) groups is 2. The van der Waals surface area contributed by atoms with Crippen LogP contribution in [0.2, 0.25) is 0 Å². The molecule has 6 nitrogen and oxygen atoms in total. The molecule has 172 valence electrons. The average molecular weight is 464 g/mol. The van der Waals surface area contributed by atoms with E-state index in [2.05, 4.69) is 5.32 Å². The zero-order valence-electron chi connectivity index (χ0n) is 18.1. The van der Waals surface area contributed by atoms with E-state index in [1.54, 1.807) is 18.2 Å². The number of alkyl halides is 3. The smallest absolute Gasteiger partial charge is 0.384 e. The number of ketones is 1. The van der Waals surface area contributed by atoms with Crippen LogP contribution in [-0.2, 0) is 21.2 Å². The molecule has 0 saturated carbocycles. The molecule has 0 fully saturated rings. The Morgan fingerprint density at radius 3 is 2.62 bits per heavy atom. The summed E-state index contributed by atoms with van der Waals surface area (Å²) < 4.78 is 40.3. The maximum Gasteiger partial charge on any atom is 0.416 e. The predicted octanol–water partition coefficient (Wildman–Crippen LogP) is 4.42. The van der Waals surface area contributed by atoms with Crippen molar-refractivity contribution in [2.24, 2.45) is 5.73 Å². The number of rotatable bonds is 1. The van der Waals surface area contributed by atoms with Crippen molar-refractivity contribution < 1.29 is 22.8 Å². The first-order valence-electron chi connectivity index (χ1n) is 10.7. The lowest BCUT2D eigenvalue weighted by atomic mass is 9.63. The number of carbonyl (C=O) groups excluding carboxylic acids is 2. The van der Waals surface area contributed by atoms with Crippen molar-refractivity contribution in [2.75, 3.05) is 10.2 Å². The zero-order chi connectivity index (χ0) is 24.4. The lowest BCUT2D eigenvalue weighted by molar-refractivity contribution is -0.137. The topological polar surface area (TPSA) is 99.2 Å². The molecule has 1 spiro atoms. The van der Waals surface area contributed by atoms with E-state index < -0.39 is 23.1 Å². The van der Waals surface area contributed by atoms with Crippen LogP contribution in [-0.4, -0.2) is 11.7 Å². The molecule has 2 aromatic carbocycles. The third-order valence-electron chi connectivity index (χ3n) is 6.61. The number of anilines is 2. The summed E-state index contributed by atoms with van der Waals surface area (Å²) in [4.78, 5) is 28.3. The SMILES string of the molecule is Cc1ccc2c(c1)[C@]1(C(=O)N2)C(C#N)=C(N)N(c2cccc(C(F)(F)F)c2)C2=C1C(=O)CCC2. The van der Waals surface area contributed by atoms with Gasteiger partial charge in [-0.15, -0.1) is 0 Å². The van der Waals surface area contributed by atoms with Gasteiger partial charge in [0.25, 0.3) is 0 Å². The van der Waals surface area contributed by atoms with Gasteiger partial charge in [-0.2, -0.15) is 18.4 Å². The molecular formula is C25H19F3N4O2. The van der Waals surface area contributed by atoms with Crippen LogP contribution >= 0.6 is 0 Å². The quantitative estimate of drug-likeness (QED) is 0.651. The minimum absolute atomic E-state index is 0.0694. The molecule has 9 heteroatoms. The van der Waals surface area contributed by atoms with Crippen molar-refractivity contribution in [3.8, 4) is 6.07 Å². The van der Waals surface area contributed by atoms with Gasteiger partial charge in [-0.1, -0.05) is 23.8 Å². The second kappa shape index (κ2) is 7.22. The lowest BCUT2D eigenvalue weighted by Gasteiger charge is -2.43. The number of halogens is 3. The second-order valence-electron chi connectivity index (χ2n) is 8.61. The van der Waals surface area contributed by atoms with Crippen molar-refractivity contribution in [3.05, 3.63) is 81.8 Å². The molecule has 3 aliphatic rings. The van der Waals surface area contributed by atoms with Gasteiger partial charge in [0.05, 0.1) is 11.1 Å². The first-order chi connectivity index (χ1) is 16.1. The molecule has 1 atom stereocenters. The molecule has 0 radical (unpaired) electrons. The fourth-order valence-corrected chi connectivity index (χ4v) is 5.22. The number of benzene rings is 2. The summed E-state index contributed by atoms with van der Waals surface area (Å²) in [6, 6.07) is 11.8. The summed E-state index contributed by atoms with van der Waals surface area (Å²) in [7, 11) is 0. The van der Waals surface area contributed by atoms with E-state index in [9.17, 15) is 28.0 Å². The number of allylic oxidation sites excluding steroid dienone is 1. The van der Waals surface area contributed by atoms with Gasteiger partial charge < -0.3 is 11.1 Å². The van der Waals surface area contributed by atoms with Gasteiger partial charge in [0.2, 0.25) is 5.91 Å². The first kappa shape index (κ1) is 21.8. The maximum atomic E-state index is 13.6. The molecular weight excluding hydrogens is 445 g/mol. The Morgan fingerprint density at radius 2 is 1.91 bits per heavy atom. The summed E-state index contributed by atoms with van der Waals surface area (Å²) in [5.74, 6) is -1.07. The molecule has 2 heterocycles. The summed E-state index contributed by atoms with van der Waals surface area (Å²) in [5, 5.41) is 13.0. The van der Waals surface area contributed by atoms with Gasteiger partial charge in [-0.25, -0.2) is 0 Å². The normalized spacial score (nSPS) is 22.0. The van der Waals surface area contributed by atoms with E-state index in [-0.39, 0.29) is 34.9 Å². The van der Waals surface area contributed by atoms with E-state index in [1.165, 1.54) is 17.0 Å². The molecule has 3 N–H and O–H groups in total. The Morgan fingerprint density at radius 1 is 1.15 bits per heavy atom. The summed E-state index contributed by atoms with van der Waals surface area (Å²) in [6.07, 6.45) is -3.68. The lowest BCUT2D eigenvalue weighted by Crippen LogP contribution is -2.50. The molecule has 2 aromatic rings. The number of Topliss-reactive ketones (excluding diaryl/α,β-unsaturated/α-hetero) is 1. The molecule has 1 amide bonds. The number of hydrogen-bond donors (Lipinski definition) is 2. The molecule has 34 heavy (non-hydrogen) atoms. The van der Waals surface area contributed by atoms with Gasteiger partial charge in [-0.05, 0) is 44.0 Å². The molecule has 2 aliphatic heterocycles. The minimum Gasteiger partial charge on any atom is -0.384 e. The van der Waals surface area contributed by atoms with Crippen LogP contribution in [0.3, 0.4) is 0 Å². The highest BCUT2D eigenvalue weighted by atomic mass is 19.4. The van der Waals surface area contributed by atoms with Crippen LogP contribution in [0.25, 0.3) is 0 Å². The summed E-state index contributed by atoms with van der Waals surface area (Å²) in [6.45, 7) is 1.83. The highest BCUT2D eigenvalue weighted by Gasteiger charge is 2.60. The standard InChI is InChI=1S/C25H19F3N4O2/c1-13-8-9-18-16(10-13)24(23(34)31-18)17(12-29)22(30)32(19-6-3-7-20(33)21(19)24)15-5-2-4-14(11-15)25(26,27)28/h2,4-5,8-11H,3,6-7,30H2,1H3,(H,31,34)/t24-/m0/s1. The Hall–Kier alpha value is -4.06. The number of nitrogens with zero attached hydrogens (tertiary/aromatic N) is 2. The highest BCUT2D eigenvalue weighted by Crippen LogP contribution is 2.55. The number of aryl methyl sites for hydroxylation is 1.